The maximum atomic E-state index is 12.2. The van der Waals surface area contributed by atoms with Crippen LogP contribution in [0.5, 0.6) is 0 Å². The molecule has 3 rings (SSSR count). The molecule has 3 aromatic rings. The maximum absolute atomic E-state index is 12.2. The summed E-state index contributed by atoms with van der Waals surface area (Å²) < 4.78 is 7.49. The lowest BCUT2D eigenvalue weighted by atomic mass is 10.2. The second-order valence-electron chi connectivity index (χ2n) is 5.91. The van der Waals surface area contributed by atoms with Gasteiger partial charge in [-0.2, -0.15) is 0 Å². The number of nitrogens with one attached hydrogen (secondary N) is 1. The van der Waals surface area contributed by atoms with Crippen LogP contribution in [0.15, 0.2) is 58.3 Å². The van der Waals surface area contributed by atoms with E-state index in [-0.39, 0.29) is 11.2 Å². The van der Waals surface area contributed by atoms with Gasteiger partial charge in [0.2, 0.25) is 11.7 Å². The molecular weight excluding hydrogens is 348 g/mol. The average molecular weight is 370 g/mol. The molecule has 0 fully saturated rings. The molecule has 0 radical (unpaired) electrons. The van der Waals surface area contributed by atoms with Crippen LogP contribution in [-0.2, 0) is 11.3 Å². The van der Waals surface area contributed by atoms with Crippen molar-refractivity contribution in [3.8, 4) is 11.6 Å². The van der Waals surface area contributed by atoms with Crippen molar-refractivity contribution in [1.29, 1.82) is 0 Å². The van der Waals surface area contributed by atoms with Crippen molar-refractivity contribution < 1.29 is 9.21 Å². The molecule has 2 aromatic heterocycles. The van der Waals surface area contributed by atoms with Gasteiger partial charge in [0.15, 0.2) is 10.9 Å². The van der Waals surface area contributed by atoms with Crippen LogP contribution in [0, 0.1) is 0 Å². The van der Waals surface area contributed by atoms with Crippen LogP contribution >= 0.6 is 11.8 Å². The van der Waals surface area contributed by atoms with Gasteiger partial charge in [-0.3, -0.25) is 9.36 Å². The van der Waals surface area contributed by atoms with E-state index in [1.807, 2.05) is 48.7 Å². The first-order chi connectivity index (χ1) is 12.7. The van der Waals surface area contributed by atoms with Crippen molar-refractivity contribution in [2.24, 2.45) is 0 Å². The molecule has 0 saturated carbocycles. The summed E-state index contributed by atoms with van der Waals surface area (Å²) >= 11 is 1.40. The summed E-state index contributed by atoms with van der Waals surface area (Å²) in [6.07, 6.45) is 2.53. The van der Waals surface area contributed by atoms with Crippen LogP contribution in [0.1, 0.15) is 25.8 Å². The molecule has 0 bridgehead atoms. The lowest BCUT2D eigenvalue weighted by Crippen LogP contribution is -2.31. The standard InChI is InChI=1S/C19H22N4O2S/c1-3-11-20-18(24)14(2)26-19-22-21-17(16-10-7-12-25-16)23(19)13-15-8-5-4-6-9-15/h4-10,12,14H,3,11,13H2,1-2H3,(H,20,24)/t14-/m1/s1. The van der Waals surface area contributed by atoms with Gasteiger partial charge in [-0.05, 0) is 31.0 Å². The largest absolute Gasteiger partial charge is 0.461 e. The third-order valence-corrected chi connectivity index (χ3v) is 4.92. The molecule has 1 aromatic carbocycles. The fraction of sp³-hybridized carbons (Fsp3) is 0.316. The molecule has 1 N–H and O–H groups in total. The van der Waals surface area contributed by atoms with Crippen molar-refractivity contribution in [1.82, 2.24) is 20.1 Å². The minimum atomic E-state index is -0.260. The van der Waals surface area contributed by atoms with Crippen LogP contribution in [0.3, 0.4) is 0 Å². The number of carbonyl (C=O) groups is 1. The Morgan fingerprint density at radius 2 is 2.04 bits per heavy atom. The number of amides is 1. The van der Waals surface area contributed by atoms with Gasteiger partial charge in [-0.25, -0.2) is 0 Å². The Kier molecular flexibility index (Phi) is 6.12. The topological polar surface area (TPSA) is 73.0 Å². The number of aromatic nitrogens is 3. The fourth-order valence-electron chi connectivity index (χ4n) is 2.48. The predicted molar refractivity (Wildman–Crippen MR) is 102 cm³/mol. The molecule has 0 aliphatic carbocycles. The van der Waals surface area contributed by atoms with Crippen molar-refractivity contribution in [2.45, 2.75) is 37.2 Å². The third kappa shape index (κ3) is 4.35. The first-order valence-corrected chi connectivity index (χ1v) is 9.52. The van der Waals surface area contributed by atoms with E-state index < -0.39 is 0 Å². The normalized spacial score (nSPS) is 12.1. The number of thioether (sulfide) groups is 1. The van der Waals surface area contributed by atoms with E-state index in [2.05, 4.69) is 27.6 Å². The smallest absolute Gasteiger partial charge is 0.233 e. The number of carbonyl (C=O) groups excluding carboxylic acids is 1. The molecule has 6 nitrogen and oxygen atoms in total. The summed E-state index contributed by atoms with van der Waals surface area (Å²) in [6, 6.07) is 13.8. The molecule has 0 aliphatic heterocycles. The second kappa shape index (κ2) is 8.71. The zero-order valence-electron chi connectivity index (χ0n) is 14.9. The molecular formula is C19H22N4O2S. The predicted octanol–water partition coefficient (Wildman–Crippen LogP) is 3.59. The number of rotatable bonds is 8. The van der Waals surface area contributed by atoms with Crippen LogP contribution in [-0.4, -0.2) is 32.5 Å². The molecule has 2 heterocycles. The van der Waals surface area contributed by atoms with Crippen molar-refractivity contribution in [3.05, 3.63) is 54.3 Å². The van der Waals surface area contributed by atoms with Gasteiger partial charge in [-0.15, -0.1) is 10.2 Å². The summed E-state index contributed by atoms with van der Waals surface area (Å²) in [5.74, 6) is 1.32. The number of benzene rings is 1. The first-order valence-electron chi connectivity index (χ1n) is 8.64. The molecule has 7 heteroatoms. The number of hydrogen-bond acceptors (Lipinski definition) is 5. The molecule has 0 saturated heterocycles. The van der Waals surface area contributed by atoms with E-state index in [0.717, 1.165) is 12.0 Å². The number of nitrogens with zero attached hydrogens (tertiary/aromatic N) is 3. The molecule has 1 atom stereocenters. The molecule has 26 heavy (non-hydrogen) atoms. The van der Waals surface area contributed by atoms with Gasteiger partial charge in [0.25, 0.3) is 0 Å². The highest BCUT2D eigenvalue weighted by atomic mass is 32.2. The average Bonchev–Trinajstić information content (AvgIpc) is 3.31. The summed E-state index contributed by atoms with van der Waals surface area (Å²) in [5.41, 5.74) is 1.13. The van der Waals surface area contributed by atoms with Crippen LogP contribution < -0.4 is 5.32 Å². The number of furan rings is 1. The Hall–Kier alpha value is -2.54. The van der Waals surface area contributed by atoms with E-state index in [9.17, 15) is 4.79 Å². The van der Waals surface area contributed by atoms with E-state index in [4.69, 9.17) is 4.42 Å². The quantitative estimate of drug-likeness (QED) is 0.614. The Labute approximate surface area is 157 Å². The minimum Gasteiger partial charge on any atom is -0.461 e. The van der Waals surface area contributed by atoms with Crippen LogP contribution in [0.4, 0.5) is 0 Å². The zero-order chi connectivity index (χ0) is 18.4. The lowest BCUT2D eigenvalue weighted by Gasteiger charge is -2.13. The van der Waals surface area contributed by atoms with Gasteiger partial charge < -0.3 is 9.73 Å². The maximum Gasteiger partial charge on any atom is 0.233 e. The number of hydrogen-bond donors (Lipinski definition) is 1. The van der Waals surface area contributed by atoms with Gasteiger partial charge in [0.1, 0.15) is 0 Å². The fourth-order valence-corrected chi connectivity index (χ4v) is 3.35. The van der Waals surface area contributed by atoms with Crippen molar-refractivity contribution in [3.63, 3.8) is 0 Å². The Morgan fingerprint density at radius 1 is 1.23 bits per heavy atom. The Balaban J connectivity index is 1.86. The second-order valence-corrected chi connectivity index (χ2v) is 7.21. The summed E-state index contributed by atoms with van der Waals surface area (Å²) in [4.78, 5) is 12.2. The first kappa shape index (κ1) is 18.3. The van der Waals surface area contributed by atoms with E-state index in [0.29, 0.717) is 29.8 Å². The van der Waals surface area contributed by atoms with E-state index >= 15 is 0 Å². The van der Waals surface area contributed by atoms with E-state index in [1.54, 1.807) is 6.26 Å². The zero-order valence-corrected chi connectivity index (χ0v) is 15.7. The summed E-state index contributed by atoms with van der Waals surface area (Å²) in [7, 11) is 0. The van der Waals surface area contributed by atoms with Crippen molar-refractivity contribution >= 4 is 17.7 Å². The van der Waals surface area contributed by atoms with E-state index in [1.165, 1.54) is 11.8 Å². The SMILES string of the molecule is CCCNC(=O)[C@@H](C)Sc1nnc(-c2ccco2)n1Cc1ccccc1. The van der Waals surface area contributed by atoms with Gasteiger partial charge >= 0.3 is 0 Å². The highest BCUT2D eigenvalue weighted by molar-refractivity contribution is 8.00. The Morgan fingerprint density at radius 3 is 2.73 bits per heavy atom. The summed E-state index contributed by atoms with van der Waals surface area (Å²) in [5, 5.41) is 12.0. The van der Waals surface area contributed by atoms with Gasteiger partial charge in [0.05, 0.1) is 18.1 Å². The minimum absolute atomic E-state index is 0.00524. The highest BCUT2D eigenvalue weighted by Crippen LogP contribution is 2.28. The van der Waals surface area contributed by atoms with Crippen LogP contribution in [0.25, 0.3) is 11.6 Å². The van der Waals surface area contributed by atoms with Crippen molar-refractivity contribution in [2.75, 3.05) is 6.54 Å². The lowest BCUT2D eigenvalue weighted by molar-refractivity contribution is -0.120. The highest BCUT2D eigenvalue weighted by Gasteiger charge is 2.21. The molecule has 0 unspecified atom stereocenters. The molecule has 0 spiro atoms. The van der Waals surface area contributed by atoms with Crippen LogP contribution in [0.2, 0.25) is 0 Å². The molecule has 1 amide bonds. The third-order valence-electron chi connectivity index (χ3n) is 3.84. The van der Waals surface area contributed by atoms with Gasteiger partial charge in [-0.1, -0.05) is 49.0 Å². The molecule has 136 valence electrons. The Bertz CT molecular complexity index is 831. The molecule has 0 aliphatic rings. The van der Waals surface area contributed by atoms with Gasteiger partial charge in [0, 0.05) is 6.54 Å². The monoisotopic (exact) mass is 370 g/mol. The summed E-state index contributed by atoms with van der Waals surface area (Å²) in [6.45, 7) is 5.20.